The molecule has 3 heteroatoms. The normalized spacial score (nSPS) is 12.3. The molecule has 2 aromatic rings. The quantitative estimate of drug-likeness (QED) is 0.367. The molecule has 28 heavy (non-hydrogen) atoms. The zero-order valence-corrected chi connectivity index (χ0v) is 18.7. The lowest BCUT2D eigenvalue weighted by Gasteiger charge is -2.41. The van der Waals surface area contributed by atoms with E-state index in [-0.39, 0.29) is 5.04 Å². The molecule has 0 aromatic heterocycles. The van der Waals surface area contributed by atoms with E-state index >= 15 is 0 Å². The fraction of sp³-hybridized carbons (Fsp3) is 0.520. The molecule has 0 unspecified atom stereocenters. The first-order valence-electron chi connectivity index (χ1n) is 11.0. The number of rotatable bonds is 13. The van der Waals surface area contributed by atoms with Crippen LogP contribution in [0.5, 0.6) is 0 Å². The summed E-state index contributed by atoms with van der Waals surface area (Å²) in [5, 5.41) is 10.9. The van der Waals surface area contributed by atoms with Gasteiger partial charge in [0.15, 0.2) is 0 Å². The van der Waals surface area contributed by atoms with Crippen molar-refractivity contribution in [2.24, 2.45) is 0 Å². The molecule has 154 valence electrons. The average molecular weight is 399 g/mol. The van der Waals surface area contributed by atoms with Crippen LogP contribution in [0.2, 0.25) is 5.04 Å². The van der Waals surface area contributed by atoms with Crippen LogP contribution in [0.15, 0.2) is 60.7 Å². The van der Waals surface area contributed by atoms with Gasteiger partial charge < -0.3 is 9.90 Å². The molecule has 0 bridgehead atoms. The second-order valence-electron chi connectivity index (χ2n) is 8.63. The first kappa shape index (κ1) is 22.9. The molecule has 0 spiro atoms. The minimum absolute atomic E-state index is 0.128. The van der Waals surface area contributed by atoms with Gasteiger partial charge >= 0.3 is 0 Å². The van der Waals surface area contributed by atoms with Crippen LogP contribution in [0.4, 0.5) is 0 Å². The number of hydrogen-bond donors (Lipinski definition) is 2. The van der Waals surface area contributed by atoms with Crippen molar-refractivity contribution in [2.45, 2.75) is 76.7 Å². The highest BCUT2D eigenvalue weighted by Crippen LogP contribution is 2.40. The maximum absolute atomic E-state index is 12.1. The van der Waals surface area contributed by atoms with E-state index in [0.29, 0.717) is 6.61 Å². The average Bonchev–Trinajstić information content (AvgIpc) is 2.73. The molecule has 0 saturated carbocycles. The molecular weight excluding hydrogens is 360 g/mol. The van der Waals surface area contributed by atoms with E-state index < -0.39 is 8.32 Å². The minimum Gasteiger partial charge on any atom is -0.424 e. The molecule has 2 rings (SSSR count). The summed E-state index contributed by atoms with van der Waals surface area (Å²) in [6.07, 6.45) is 10.6. The Morgan fingerprint density at radius 3 is 1.46 bits per heavy atom. The van der Waals surface area contributed by atoms with Crippen LogP contribution in [0.1, 0.15) is 71.6 Å². The highest BCUT2D eigenvalue weighted by molar-refractivity contribution is 6.98. The van der Waals surface area contributed by atoms with Crippen molar-refractivity contribution in [1.82, 2.24) is 0 Å². The minimum atomic E-state index is -2.84. The van der Waals surface area contributed by atoms with Crippen molar-refractivity contribution in [3.05, 3.63) is 60.7 Å². The Morgan fingerprint density at radius 2 is 1.04 bits per heavy atom. The summed E-state index contributed by atoms with van der Waals surface area (Å²) in [6, 6.07) is 20.6. The van der Waals surface area contributed by atoms with Crippen LogP contribution >= 0.6 is 0 Å². The second-order valence-corrected chi connectivity index (χ2v) is 12.6. The maximum atomic E-state index is 12.1. The molecule has 0 amide bonds. The Kier molecular flexibility index (Phi) is 9.43. The van der Waals surface area contributed by atoms with Gasteiger partial charge in [0, 0.05) is 6.61 Å². The van der Waals surface area contributed by atoms with Crippen LogP contribution < -0.4 is 10.4 Å². The van der Waals surface area contributed by atoms with Crippen molar-refractivity contribution < 1.29 is 9.90 Å². The molecule has 0 atom stereocenters. The Morgan fingerprint density at radius 1 is 0.643 bits per heavy atom. The number of aliphatic hydroxyl groups excluding tert-OH is 1. The third-order valence-electron chi connectivity index (χ3n) is 6.07. The van der Waals surface area contributed by atoms with Crippen molar-refractivity contribution in [3.8, 4) is 0 Å². The molecule has 0 saturated heterocycles. The van der Waals surface area contributed by atoms with Crippen molar-refractivity contribution in [2.75, 3.05) is 6.61 Å². The van der Waals surface area contributed by atoms with Gasteiger partial charge in [-0.2, -0.15) is 0 Å². The third kappa shape index (κ3) is 6.04. The Labute approximate surface area is 172 Å². The van der Waals surface area contributed by atoms with Gasteiger partial charge in [0.05, 0.1) is 0 Å². The van der Waals surface area contributed by atoms with Gasteiger partial charge in [-0.15, -0.1) is 0 Å². The first-order chi connectivity index (χ1) is 13.5. The van der Waals surface area contributed by atoms with E-state index in [0.717, 1.165) is 29.6 Å². The topological polar surface area (TPSA) is 40.5 Å². The lowest BCUT2D eigenvalue weighted by atomic mass is 10.0. The van der Waals surface area contributed by atoms with Crippen molar-refractivity contribution >= 4 is 18.7 Å². The van der Waals surface area contributed by atoms with Crippen molar-refractivity contribution in [3.63, 3.8) is 0 Å². The highest BCUT2D eigenvalue weighted by Gasteiger charge is 2.49. The Bertz CT molecular complexity index is 615. The summed E-state index contributed by atoms with van der Waals surface area (Å²) in [4.78, 5) is 12.1. The predicted molar refractivity (Wildman–Crippen MR) is 123 cm³/mol. The van der Waals surface area contributed by atoms with Gasteiger partial charge in [-0.3, -0.25) is 0 Å². The fourth-order valence-corrected chi connectivity index (χ4v) is 8.01. The molecule has 0 fully saturated rings. The zero-order chi connectivity index (χ0) is 20.3. The largest absolute Gasteiger partial charge is 0.424 e. The molecule has 0 aliphatic rings. The standard InChI is InChI=1S/C25H38O2Si/c1-25(2,21-15-7-5-3-4-6-8-16-22-26)28(27,23-17-11-9-12-18-23)24-19-13-10-14-20-24/h9-14,17-20,26-27H,3-8,15-16,21-22H2,1-2H3. The molecule has 0 radical (unpaired) electrons. The summed E-state index contributed by atoms with van der Waals surface area (Å²) in [7, 11) is -2.84. The van der Waals surface area contributed by atoms with E-state index in [1.165, 1.54) is 38.5 Å². The summed E-state index contributed by atoms with van der Waals surface area (Å²) in [6.45, 7) is 4.84. The van der Waals surface area contributed by atoms with Crippen LogP contribution in [0, 0.1) is 0 Å². The molecule has 2 aromatic carbocycles. The van der Waals surface area contributed by atoms with Gasteiger partial charge in [-0.1, -0.05) is 119 Å². The summed E-state index contributed by atoms with van der Waals surface area (Å²) < 4.78 is 0. The van der Waals surface area contributed by atoms with Gasteiger partial charge in [0.25, 0.3) is 8.32 Å². The Hall–Kier alpha value is -1.42. The predicted octanol–water partition coefficient (Wildman–Crippen LogP) is 5.02. The molecule has 0 aliphatic carbocycles. The van der Waals surface area contributed by atoms with Gasteiger partial charge in [-0.05, 0) is 28.3 Å². The first-order valence-corrected chi connectivity index (χ1v) is 12.9. The second kappa shape index (κ2) is 11.5. The third-order valence-corrected chi connectivity index (χ3v) is 10.6. The van der Waals surface area contributed by atoms with Crippen LogP contribution in [-0.2, 0) is 0 Å². The van der Waals surface area contributed by atoms with Crippen LogP contribution in [-0.4, -0.2) is 24.8 Å². The smallest absolute Gasteiger partial charge is 0.258 e. The van der Waals surface area contributed by atoms with Crippen molar-refractivity contribution in [1.29, 1.82) is 0 Å². The molecule has 0 aliphatic heterocycles. The lowest BCUT2D eigenvalue weighted by Crippen LogP contribution is -2.65. The number of unbranched alkanes of at least 4 members (excludes halogenated alkanes) is 7. The van der Waals surface area contributed by atoms with Gasteiger partial charge in [0.2, 0.25) is 0 Å². The van der Waals surface area contributed by atoms with E-state index in [4.69, 9.17) is 5.11 Å². The number of benzene rings is 2. The molecule has 2 nitrogen and oxygen atoms in total. The fourth-order valence-electron chi connectivity index (χ4n) is 4.23. The summed E-state index contributed by atoms with van der Waals surface area (Å²) in [5.41, 5.74) is 0. The molecular formula is C25H38O2Si. The van der Waals surface area contributed by atoms with E-state index in [1.807, 2.05) is 36.4 Å². The van der Waals surface area contributed by atoms with Gasteiger partial charge in [-0.25, -0.2) is 0 Å². The zero-order valence-electron chi connectivity index (χ0n) is 17.7. The monoisotopic (exact) mass is 398 g/mol. The van der Waals surface area contributed by atoms with E-state index in [1.54, 1.807) is 0 Å². The lowest BCUT2D eigenvalue weighted by molar-refractivity contribution is 0.282. The molecule has 2 N–H and O–H groups in total. The van der Waals surface area contributed by atoms with Crippen LogP contribution in [0.3, 0.4) is 0 Å². The number of hydrogen-bond acceptors (Lipinski definition) is 2. The van der Waals surface area contributed by atoms with Gasteiger partial charge in [0.1, 0.15) is 0 Å². The van der Waals surface area contributed by atoms with Crippen LogP contribution in [0.25, 0.3) is 0 Å². The highest BCUT2D eigenvalue weighted by atomic mass is 28.4. The summed E-state index contributed by atoms with van der Waals surface area (Å²) in [5.74, 6) is 0. The van der Waals surface area contributed by atoms with E-state index in [9.17, 15) is 4.80 Å². The van der Waals surface area contributed by atoms with E-state index in [2.05, 4.69) is 38.1 Å². The SMILES string of the molecule is CC(C)(CCCCCCCCCCO)[Si](O)(c1ccccc1)c1ccccc1. The number of aliphatic hydroxyl groups is 1. The molecule has 0 heterocycles. The maximum Gasteiger partial charge on any atom is 0.258 e. The Balaban J connectivity index is 1.97. The summed E-state index contributed by atoms with van der Waals surface area (Å²) >= 11 is 0.